The van der Waals surface area contributed by atoms with Crippen molar-refractivity contribution in [2.75, 3.05) is 10.8 Å². The maximum Gasteiger partial charge on any atom is 0.264 e. The number of nitrogens with zero attached hydrogens (tertiary/aromatic N) is 2. The van der Waals surface area contributed by atoms with E-state index in [1.165, 1.54) is 23.1 Å². The lowest BCUT2D eigenvalue weighted by atomic mass is 9.94. The van der Waals surface area contributed by atoms with Crippen molar-refractivity contribution in [3.8, 4) is 0 Å². The van der Waals surface area contributed by atoms with Crippen LogP contribution in [0.15, 0.2) is 108 Å². The Morgan fingerprint density at radius 3 is 2.06 bits per heavy atom. The molecule has 0 heterocycles. The number of halogens is 3. The smallest absolute Gasteiger partial charge is 0.264 e. The Balaban J connectivity index is 1.58. The van der Waals surface area contributed by atoms with Crippen LogP contribution in [0.1, 0.15) is 43.2 Å². The van der Waals surface area contributed by atoms with Crippen LogP contribution in [-0.4, -0.2) is 43.8 Å². The number of benzene rings is 4. The fraction of sp³-hybridized carbons (Fsp3) is 0.278. The van der Waals surface area contributed by atoms with Gasteiger partial charge in [0.1, 0.15) is 12.6 Å². The maximum absolute atomic E-state index is 14.6. The van der Waals surface area contributed by atoms with Gasteiger partial charge in [-0.2, -0.15) is 0 Å². The van der Waals surface area contributed by atoms with Crippen molar-refractivity contribution >= 4 is 62.3 Å². The number of sulfonamides is 1. The highest BCUT2D eigenvalue weighted by atomic mass is 35.5. The molecule has 1 aliphatic carbocycles. The van der Waals surface area contributed by atoms with E-state index < -0.39 is 28.5 Å². The van der Waals surface area contributed by atoms with E-state index in [2.05, 4.69) is 5.32 Å². The molecule has 0 aromatic heterocycles. The minimum atomic E-state index is -4.30. The van der Waals surface area contributed by atoms with E-state index in [9.17, 15) is 18.0 Å². The quantitative estimate of drug-likeness (QED) is 0.162. The molecule has 1 saturated carbocycles. The average molecular weight is 713 g/mol. The van der Waals surface area contributed by atoms with Crippen LogP contribution in [0.2, 0.25) is 15.1 Å². The largest absolute Gasteiger partial charge is 0.352 e. The van der Waals surface area contributed by atoms with Gasteiger partial charge < -0.3 is 10.2 Å². The molecule has 4 aromatic rings. The van der Waals surface area contributed by atoms with E-state index in [0.29, 0.717) is 5.02 Å². The molecule has 4 aromatic carbocycles. The molecular formula is C36H36Cl3N3O4S. The van der Waals surface area contributed by atoms with Crippen molar-refractivity contribution in [3.05, 3.63) is 129 Å². The summed E-state index contributed by atoms with van der Waals surface area (Å²) in [5.41, 5.74) is 1.63. The Morgan fingerprint density at radius 1 is 0.766 bits per heavy atom. The van der Waals surface area contributed by atoms with E-state index in [4.69, 9.17) is 34.8 Å². The third-order valence-corrected chi connectivity index (χ3v) is 11.1. The van der Waals surface area contributed by atoms with Crippen molar-refractivity contribution in [2.24, 2.45) is 0 Å². The van der Waals surface area contributed by atoms with Crippen molar-refractivity contribution in [2.45, 2.75) is 62.0 Å². The molecule has 0 spiro atoms. The van der Waals surface area contributed by atoms with E-state index in [1.54, 1.807) is 54.6 Å². The molecule has 1 aliphatic rings. The molecule has 5 rings (SSSR count). The molecular weight excluding hydrogens is 677 g/mol. The van der Waals surface area contributed by atoms with Crippen LogP contribution in [0.5, 0.6) is 0 Å². The molecule has 0 saturated heterocycles. The highest BCUT2D eigenvalue weighted by Gasteiger charge is 2.36. The number of amides is 2. The van der Waals surface area contributed by atoms with Crippen LogP contribution in [-0.2, 0) is 32.6 Å². The Morgan fingerprint density at radius 2 is 1.40 bits per heavy atom. The topological polar surface area (TPSA) is 86.8 Å². The minimum Gasteiger partial charge on any atom is -0.352 e. The molecule has 7 nitrogen and oxygen atoms in total. The van der Waals surface area contributed by atoms with Gasteiger partial charge in [0.05, 0.1) is 20.6 Å². The van der Waals surface area contributed by atoms with Crippen molar-refractivity contribution in [3.63, 3.8) is 0 Å². The molecule has 0 radical (unpaired) electrons. The summed E-state index contributed by atoms with van der Waals surface area (Å²) >= 11 is 19.1. The van der Waals surface area contributed by atoms with Crippen LogP contribution >= 0.6 is 34.8 Å². The molecule has 246 valence electrons. The van der Waals surface area contributed by atoms with Gasteiger partial charge in [-0.05, 0) is 60.4 Å². The second-order valence-corrected chi connectivity index (χ2v) is 14.7. The van der Waals surface area contributed by atoms with Crippen molar-refractivity contribution in [1.29, 1.82) is 0 Å². The summed E-state index contributed by atoms with van der Waals surface area (Å²) in [6, 6.07) is 27.9. The first-order valence-electron chi connectivity index (χ1n) is 15.5. The summed E-state index contributed by atoms with van der Waals surface area (Å²) in [6.45, 7) is -0.596. The first-order chi connectivity index (χ1) is 22.6. The Hall–Kier alpha value is -3.56. The van der Waals surface area contributed by atoms with Gasteiger partial charge in [-0.25, -0.2) is 8.42 Å². The zero-order chi connectivity index (χ0) is 33.4. The molecule has 0 unspecified atom stereocenters. The van der Waals surface area contributed by atoms with Crippen LogP contribution in [0.3, 0.4) is 0 Å². The zero-order valence-corrected chi connectivity index (χ0v) is 28.8. The maximum atomic E-state index is 14.6. The Bertz CT molecular complexity index is 1770. The van der Waals surface area contributed by atoms with Crippen LogP contribution in [0.25, 0.3) is 0 Å². The summed E-state index contributed by atoms with van der Waals surface area (Å²) in [5.74, 6) is -0.878. The molecule has 47 heavy (non-hydrogen) atoms. The lowest BCUT2D eigenvalue weighted by molar-refractivity contribution is -0.140. The number of anilines is 1. The number of rotatable bonds is 12. The first-order valence-corrected chi connectivity index (χ1v) is 18.1. The molecule has 11 heteroatoms. The van der Waals surface area contributed by atoms with Crippen LogP contribution < -0.4 is 9.62 Å². The summed E-state index contributed by atoms with van der Waals surface area (Å²) in [6.07, 6.45) is 5.13. The summed E-state index contributed by atoms with van der Waals surface area (Å²) in [5, 5.41) is 3.85. The zero-order valence-electron chi connectivity index (χ0n) is 25.7. The number of carbonyl (C=O) groups is 2. The third kappa shape index (κ3) is 8.87. The van der Waals surface area contributed by atoms with Gasteiger partial charge >= 0.3 is 0 Å². The summed E-state index contributed by atoms with van der Waals surface area (Å²) < 4.78 is 29.3. The predicted octanol–water partition coefficient (Wildman–Crippen LogP) is 7.93. The fourth-order valence-electron chi connectivity index (χ4n) is 5.80. The summed E-state index contributed by atoms with van der Waals surface area (Å²) in [7, 11) is -4.30. The van der Waals surface area contributed by atoms with Gasteiger partial charge in [-0.3, -0.25) is 13.9 Å². The van der Waals surface area contributed by atoms with Gasteiger partial charge in [0, 0.05) is 24.0 Å². The lowest BCUT2D eigenvalue weighted by Crippen LogP contribution is -2.55. The molecule has 1 fully saturated rings. The predicted molar refractivity (Wildman–Crippen MR) is 188 cm³/mol. The van der Waals surface area contributed by atoms with Gasteiger partial charge in [0.25, 0.3) is 10.0 Å². The van der Waals surface area contributed by atoms with Gasteiger partial charge in [0.15, 0.2) is 0 Å². The monoisotopic (exact) mass is 711 g/mol. The fourth-order valence-corrected chi connectivity index (χ4v) is 7.82. The standard InChI is InChI=1S/C36H36Cl3N3O4S/c37-28-21-19-27(20-22-28)24-41(33(23-26-11-4-1-5-12-26)36(44)40-29-13-6-2-7-14-29)34(43)25-42(32-18-10-17-31(38)35(32)39)47(45,46)30-15-8-3-9-16-30/h1,3-5,8-12,15-22,29,33H,2,6-7,13-14,23-25H2,(H,40,44)/t33-/m0/s1. The average Bonchev–Trinajstić information content (AvgIpc) is 3.08. The molecule has 1 atom stereocenters. The molecule has 2 amide bonds. The first kappa shape index (κ1) is 34.8. The Kier molecular flexibility index (Phi) is 11.9. The molecule has 0 aliphatic heterocycles. The second kappa shape index (κ2) is 16.0. The van der Waals surface area contributed by atoms with Crippen LogP contribution in [0.4, 0.5) is 5.69 Å². The van der Waals surface area contributed by atoms with Crippen molar-refractivity contribution in [1.82, 2.24) is 10.2 Å². The Labute approximate surface area is 291 Å². The van der Waals surface area contributed by atoms with E-state index in [0.717, 1.165) is 47.5 Å². The van der Waals surface area contributed by atoms with Crippen molar-refractivity contribution < 1.29 is 18.0 Å². The number of carbonyl (C=O) groups excluding carboxylic acids is 2. The number of hydrogen-bond acceptors (Lipinski definition) is 4. The minimum absolute atomic E-state index is 0.00207. The van der Waals surface area contributed by atoms with E-state index in [-0.39, 0.29) is 45.5 Å². The van der Waals surface area contributed by atoms with Gasteiger partial charge in [-0.1, -0.05) is 121 Å². The number of hydrogen-bond donors (Lipinski definition) is 1. The van der Waals surface area contributed by atoms with Gasteiger partial charge in [-0.15, -0.1) is 0 Å². The summed E-state index contributed by atoms with van der Waals surface area (Å²) in [4.78, 5) is 30.3. The molecule has 0 bridgehead atoms. The van der Waals surface area contributed by atoms with Gasteiger partial charge in [0.2, 0.25) is 11.8 Å². The van der Waals surface area contributed by atoms with E-state index >= 15 is 0 Å². The second-order valence-electron chi connectivity index (χ2n) is 11.6. The highest BCUT2D eigenvalue weighted by Crippen LogP contribution is 2.35. The molecule has 1 N–H and O–H groups in total. The van der Waals surface area contributed by atoms with E-state index in [1.807, 2.05) is 30.3 Å². The lowest BCUT2D eigenvalue weighted by Gasteiger charge is -2.35. The van der Waals surface area contributed by atoms with Crippen LogP contribution in [0, 0.1) is 0 Å². The third-order valence-electron chi connectivity index (χ3n) is 8.30. The SMILES string of the molecule is O=C(NC1CCCCC1)[C@H](Cc1ccccc1)N(Cc1ccc(Cl)cc1)C(=O)CN(c1cccc(Cl)c1Cl)S(=O)(=O)c1ccccc1. The normalized spacial score (nSPS) is 14.3. The number of nitrogens with one attached hydrogen (secondary N) is 1. The highest BCUT2D eigenvalue weighted by molar-refractivity contribution is 7.92.